The van der Waals surface area contributed by atoms with Gasteiger partial charge in [0.25, 0.3) is 0 Å². The zero-order valence-corrected chi connectivity index (χ0v) is 28.3. The van der Waals surface area contributed by atoms with Crippen LogP contribution in [0.3, 0.4) is 0 Å². The minimum absolute atomic E-state index is 0.913. The highest BCUT2D eigenvalue weighted by atomic mass is 16.3. The van der Waals surface area contributed by atoms with Crippen LogP contribution in [0, 0.1) is 0 Å². The summed E-state index contributed by atoms with van der Waals surface area (Å²) in [5.41, 5.74) is 13.6. The third-order valence-corrected chi connectivity index (χ3v) is 10.7. The number of hydrogen-bond acceptors (Lipinski definition) is 1. The molecule has 52 heavy (non-hydrogen) atoms. The summed E-state index contributed by atoms with van der Waals surface area (Å²) in [5.74, 6) is 0. The first-order valence-electron chi connectivity index (χ1n) is 17.9. The highest BCUT2D eigenvalue weighted by Gasteiger charge is 2.18. The Morgan fingerprint density at radius 2 is 1.08 bits per heavy atom. The van der Waals surface area contributed by atoms with Gasteiger partial charge in [0.2, 0.25) is 0 Å². The van der Waals surface area contributed by atoms with Crippen molar-refractivity contribution in [1.82, 2.24) is 9.13 Å². The van der Waals surface area contributed by atoms with Crippen LogP contribution in [0.4, 0.5) is 0 Å². The van der Waals surface area contributed by atoms with Gasteiger partial charge in [-0.1, -0.05) is 121 Å². The Hall–Kier alpha value is -6.84. The maximum absolute atomic E-state index is 6.44. The standard InChI is InChI=1S/C49H32N2O/c1-2-4-15-35(14-3-1)50-44-22-8-5-17-38(44)42-30-32(25-27-46(42)50)33-26-28-47-43(31-33)39-18-6-9-23-45(39)51(47)36-16-11-13-34(29-36)37-20-12-21-41-40-19-7-10-24-48(40)52-49(37)41/h1-3,5-31H,4H2. The molecule has 11 rings (SSSR count). The van der Waals surface area contributed by atoms with Crippen molar-refractivity contribution in [3.05, 3.63) is 182 Å². The zero-order chi connectivity index (χ0) is 34.2. The number of furan rings is 1. The van der Waals surface area contributed by atoms with Crippen molar-refractivity contribution in [2.45, 2.75) is 6.42 Å². The molecule has 3 heteroatoms. The Bertz CT molecular complexity index is 3160. The van der Waals surface area contributed by atoms with E-state index in [9.17, 15) is 0 Å². The molecule has 10 aromatic rings. The van der Waals surface area contributed by atoms with E-state index in [0.717, 1.165) is 45.2 Å². The number of nitrogens with zero attached hydrogens (tertiary/aromatic N) is 2. The molecule has 3 nitrogen and oxygen atoms in total. The summed E-state index contributed by atoms with van der Waals surface area (Å²) < 4.78 is 11.2. The molecule has 0 spiro atoms. The van der Waals surface area contributed by atoms with Gasteiger partial charge in [0.15, 0.2) is 0 Å². The summed E-state index contributed by atoms with van der Waals surface area (Å²) in [6, 6.07) is 55.0. The first kappa shape index (κ1) is 28.9. The van der Waals surface area contributed by atoms with E-state index >= 15 is 0 Å². The minimum Gasteiger partial charge on any atom is -0.455 e. The lowest BCUT2D eigenvalue weighted by molar-refractivity contribution is 0.670. The molecule has 0 radical (unpaired) electrons. The molecule has 0 bridgehead atoms. The fourth-order valence-electron chi connectivity index (χ4n) is 8.38. The summed E-state index contributed by atoms with van der Waals surface area (Å²) >= 11 is 0. The summed E-state index contributed by atoms with van der Waals surface area (Å²) in [6.45, 7) is 0. The first-order valence-corrected chi connectivity index (χ1v) is 17.9. The van der Waals surface area contributed by atoms with Gasteiger partial charge in [0.05, 0.1) is 22.1 Å². The van der Waals surface area contributed by atoms with Crippen LogP contribution in [-0.2, 0) is 0 Å². The Morgan fingerprint density at radius 3 is 1.87 bits per heavy atom. The molecular formula is C49H32N2O. The maximum Gasteiger partial charge on any atom is 0.143 e. The fraction of sp³-hybridized carbons (Fsp3) is 0.0204. The topological polar surface area (TPSA) is 23.0 Å². The molecule has 0 unspecified atom stereocenters. The Kier molecular flexibility index (Phi) is 6.31. The van der Waals surface area contributed by atoms with Crippen molar-refractivity contribution in [3.8, 4) is 27.9 Å². The predicted molar refractivity (Wildman–Crippen MR) is 219 cm³/mol. The lowest BCUT2D eigenvalue weighted by atomic mass is 10.0. The SMILES string of the molecule is C1=CCC=C(n2c3ccccc3c3cc(-c4ccc5c(c4)c4ccccc4n5-c4cccc(-c5cccc6c5oc5ccccc56)c4)ccc32)C=C1. The van der Waals surface area contributed by atoms with Gasteiger partial charge < -0.3 is 13.6 Å². The molecule has 1 aliphatic rings. The van der Waals surface area contributed by atoms with Gasteiger partial charge in [-0.2, -0.15) is 0 Å². The first-order chi connectivity index (χ1) is 25.8. The number of hydrogen-bond donors (Lipinski definition) is 0. The van der Waals surface area contributed by atoms with Crippen LogP contribution in [0.2, 0.25) is 0 Å². The molecule has 0 atom stereocenters. The van der Waals surface area contributed by atoms with Crippen LogP contribution < -0.4 is 0 Å². The van der Waals surface area contributed by atoms with Crippen molar-refractivity contribution >= 4 is 71.2 Å². The third kappa shape index (κ3) is 4.33. The van der Waals surface area contributed by atoms with Crippen molar-refractivity contribution in [2.24, 2.45) is 0 Å². The quantitative estimate of drug-likeness (QED) is 0.184. The molecule has 0 saturated heterocycles. The van der Waals surface area contributed by atoms with Gasteiger partial charge >= 0.3 is 0 Å². The Labute approximate surface area is 300 Å². The smallest absolute Gasteiger partial charge is 0.143 e. The van der Waals surface area contributed by atoms with Gasteiger partial charge in [-0.15, -0.1) is 0 Å². The second-order valence-corrected chi connectivity index (χ2v) is 13.7. The van der Waals surface area contributed by atoms with Crippen molar-refractivity contribution in [3.63, 3.8) is 0 Å². The van der Waals surface area contributed by atoms with Gasteiger partial charge in [-0.25, -0.2) is 0 Å². The Morgan fingerprint density at radius 1 is 0.442 bits per heavy atom. The van der Waals surface area contributed by atoms with E-state index in [4.69, 9.17) is 4.42 Å². The average molecular weight is 665 g/mol. The lowest BCUT2D eigenvalue weighted by Gasteiger charge is -2.11. The molecule has 0 aliphatic heterocycles. The molecule has 1 aliphatic carbocycles. The third-order valence-electron chi connectivity index (χ3n) is 10.7. The van der Waals surface area contributed by atoms with Crippen LogP contribution in [-0.4, -0.2) is 9.13 Å². The Balaban J connectivity index is 1.06. The van der Waals surface area contributed by atoms with Crippen LogP contribution >= 0.6 is 0 Å². The van der Waals surface area contributed by atoms with Crippen LogP contribution in [0.25, 0.3) is 99.2 Å². The molecule has 7 aromatic carbocycles. The fourth-order valence-corrected chi connectivity index (χ4v) is 8.38. The average Bonchev–Trinajstić information content (AvgIpc) is 3.77. The summed E-state index contributed by atoms with van der Waals surface area (Å²) in [7, 11) is 0. The molecule has 244 valence electrons. The van der Waals surface area contributed by atoms with E-state index < -0.39 is 0 Å². The minimum atomic E-state index is 0.913. The molecule has 0 saturated carbocycles. The molecule has 0 fully saturated rings. The number of aromatic nitrogens is 2. The highest BCUT2D eigenvalue weighted by molar-refractivity contribution is 6.14. The molecule has 3 aromatic heterocycles. The molecule has 0 N–H and O–H groups in total. The predicted octanol–water partition coefficient (Wildman–Crippen LogP) is 13.5. The maximum atomic E-state index is 6.44. The number of benzene rings is 7. The van der Waals surface area contributed by atoms with E-state index in [1.54, 1.807) is 0 Å². The zero-order valence-electron chi connectivity index (χ0n) is 28.3. The number of fused-ring (bicyclic) bond motifs is 9. The van der Waals surface area contributed by atoms with Gasteiger partial charge in [-0.05, 0) is 83.8 Å². The molecular weight excluding hydrogens is 633 g/mol. The van der Waals surface area contributed by atoms with E-state index in [1.165, 1.54) is 60.4 Å². The summed E-state index contributed by atoms with van der Waals surface area (Å²) in [4.78, 5) is 0. The molecule has 3 heterocycles. The lowest BCUT2D eigenvalue weighted by Crippen LogP contribution is -1.94. The van der Waals surface area contributed by atoms with Crippen LogP contribution in [0.1, 0.15) is 6.42 Å². The number of rotatable bonds is 4. The van der Waals surface area contributed by atoms with Gasteiger partial charge in [0, 0.05) is 49.3 Å². The van der Waals surface area contributed by atoms with Crippen molar-refractivity contribution < 1.29 is 4.42 Å². The van der Waals surface area contributed by atoms with E-state index in [0.29, 0.717) is 0 Å². The van der Waals surface area contributed by atoms with E-state index in [2.05, 4.69) is 179 Å². The highest BCUT2D eigenvalue weighted by Crippen LogP contribution is 2.40. The monoisotopic (exact) mass is 664 g/mol. The summed E-state index contributed by atoms with van der Waals surface area (Å²) in [5, 5.41) is 7.29. The van der Waals surface area contributed by atoms with E-state index in [-0.39, 0.29) is 0 Å². The van der Waals surface area contributed by atoms with Crippen molar-refractivity contribution in [2.75, 3.05) is 0 Å². The van der Waals surface area contributed by atoms with Gasteiger partial charge in [-0.3, -0.25) is 0 Å². The van der Waals surface area contributed by atoms with Crippen LogP contribution in [0.5, 0.6) is 0 Å². The second kappa shape index (κ2) is 11.3. The second-order valence-electron chi connectivity index (χ2n) is 13.7. The number of allylic oxidation sites excluding steroid dienone is 6. The van der Waals surface area contributed by atoms with Crippen molar-refractivity contribution in [1.29, 1.82) is 0 Å². The van der Waals surface area contributed by atoms with Gasteiger partial charge in [0.1, 0.15) is 11.2 Å². The normalized spacial score (nSPS) is 13.3. The number of para-hydroxylation sites is 4. The summed E-state index contributed by atoms with van der Waals surface area (Å²) in [6.07, 6.45) is 11.9. The molecule has 0 amide bonds. The largest absolute Gasteiger partial charge is 0.455 e. The van der Waals surface area contributed by atoms with Crippen LogP contribution in [0.15, 0.2) is 186 Å². The van der Waals surface area contributed by atoms with E-state index in [1.807, 2.05) is 12.1 Å².